The number of hydrogen-bond acceptors (Lipinski definition) is 6. The standard InChI is InChI=1S/C18H13N3O5/c22-16-11-13-5-2-1-4-12(13)10-15(16)18(23)20-19-9-3-6-14-7-8-17(26-14)21(24)25/h1-11,22H,(H,20,23). The normalized spacial score (nSPS) is 11.4. The maximum absolute atomic E-state index is 12.1. The maximum atomic E-state index is 12.1. The second-order valence-electron chi connectivity index (χ2n) is 5.23. The summed E-state index contributed by atoms with van der Waals surface area (Å²) in [6.45, 7) is 0. The first kappa shape index (κ1) is 16.9. The number of furan rings is 1. The molecule has 1 amide bonds. The number of carbonyl (C=O) groups is 1. The van der Waals surface area contributed by atoms with Crippen LogP contribution < -0.4 is 5.43 Å². The van der Waals surface area contributed by atoms with E-state index in [-0.39, 0.29) is 23.0 Å². The average molecular weight is 351 g/mol. The van der Waals surface area contributed by atoms with Crippen molar-refractivity contribution in [2.75, 3.05) is 0 Å². The molecule has 0 spiro atoms. The zero-order valence-electron chi connectivity index (χ0n) is 13.3. The van der Waals surface area contributed by atoms with Crippen LogP contribution in [0, 0.1) is 10.1 Å². The van der Waals surface area contributed by atoms with Crippen LogP contribution >= 0.6 is 0 Å². The fourth-order valence-corrected chi connectivity index (χ4v) is 2.28. The summed E-state index contributed by atoms with van der Waals surface area (Å²) in [6.07, 6.45) is 4.18. The molecule has 0 bridgehead atoms. The van der Waals surface area contributed by atoms with Crippen molar-refractivity contribution in [3.8, 4) is 5.75 Å². The lowest BCUT2D eigenvalue weighted by molar-refractivity contribution is -0.402. The Bertz CT molecular complexity index is 1040. The molecular formula is C18H13N3O5. The first-order chi connectivity index (χ1) is 12.5. The van der Waals surface area contributed by atoms with Crippen molar-refractivity contribution < 1.29 is 19.2 Å². The summed E-state index contributed by atoms with van der Waals surface area (Å²) in [7, 11) is 0. The van der Waals surface area contributed by atoms with Crippen LogP contribution in [0.2, 0.25) is 0 Å². The Kier molecular flexibility index (Phi) is 4.75. The van der Waals surface area contributed by atoms with Crippen molar-refractivity contribution >= 4 is 34.9 Å². The fourth-order valence-electron chi connectivity index (χ4n) is 2.28. The number of phenolic OH excluding ortho intramolecular Hbond substituents is 1. The molecule has 0 atom stereocenters. The van der Waals surface area contributed by atoms with Crippen molar-refractivity contribution in [3.63, 3.8) is 0 Å². The molecule has 1 heterocycles. The number of aromatic hydroxyl groups is 1. The maximum Gasteiger partial charge on any atom is 0.433 e. The Morgan fingerprint density at radius 3 is 2.62 bits per heavy atom. The Labute approximate surface area is 147 Å². The number of hydrazone groups is 1. The van der Waals surface area contributed by atoms with Gasteiger partial charge in [-0.3, -0.25) is 14.9 Å². The lowest BCUT2D eigenvalue weighted by atomic mass is 10.1. The summed E-state index contributed by atoms with van der Waals surface area (Å²) in [5.41, 5.74) is 2.40. The minimum Gasteiger partial charge on any atom is -0.507 e. The molecule has 26 heavy (non-hydrogen) atoms. The predicted molar refractivity (Wildman–Crippen MR) is 96.0 cm³/mol. The van der Waals surface area contributed by atoms with E-state index in [1.807, 2.05) is 24.3 Å². The molecule has 0 aliphatic carbocycles. The number of nitro groups is 1. The van der Waals surface area contributed by atoms with Gasteiger partial charge in [-0.1, -0.05) is 24.3 Å². The van der Waals surface area contributed by atoms with Crippen molar-refractivity contribution in [2.45, 2.75) is 0 Å². The van der Waals surface area contributed by atoms with Gasteiger partial charge in [0.2, 0.25) is 0 Å². The van der Waals surface area contributed by atoms with Gasteiger partial charge in [-0.05, 0) is 41.1 Å². The minimum atomic E-state index is -0.637. The molecule has 0 fully saturated rings. The molecule has 8 nitrogen and oxygen atoms in total. The van der Waals surface area contributed by atoms with Gasteiger partial charge in [-0.25, -0.2) is 5.43 Å². The van der Waals surface area contributed by atoms with Gasteiger partial charge < -0.3 is 9.52 Å². The van der Waals surface area contributed by atoms with Crippen LogP contribution in [0.4, 0.5) is 5.88 Å². The van der Waals surface area contributed by atoms with E-state index in [1.54, 1.807) is 6.07 Å². The molecule has 0 aliphatic rings. The third kappa shape index (κ3) is 3.75. The van der Waals surface area contributed by atoms with Gasteiger partial charge in [0.05, 0.1) is 11.6 Å². The van der Waals surface area contributed by atoms with E-state index >= 15 is 0 Å². The van der Waals surface area contributed by atoms with E-state index in [9.17, 15) is 20.0 Å². The molecule has 3 aromatic rings. The first-order valence-corrected chi connectivity index (χ1v) is 7.50. The number of rotatable bonds is 5. The molecule has 0 aliphatic heterocycles. The number of nitrogens with one attached hydrogen (secondary N) is 1. The van der Waals surface area contributed by atoms with E-state index in [1.165, 1.54) is 36.6 Å². The van der Waals surface area contributed by atoms with Crippen molar-refractivity contribution in [1.82, 2.24) is 5.43 Å². The molecule has 130 valence electrons. The van der Waals surface area contributed by atoms with Crippen LogP contribution in [0.3, 0.4) is 0 Å². The van der Waals surface area contributed by atoms with Gasteiger partial charge >= 0.3 is 5.88 Å². The van der Waals surface area contributed by atoms with Gasteiger partial charge in [0.25, 0.3) is 5.91 Å². The summed E-state index contributed by atoms with van der Waals surface area (Å²) in [4.78, 5) is 22.0. The van der Waals surface area contributed by atoms with Crippen LogP contribution in [-0.4, -0.2) is 22.2 Å². The lowest BCUT2D eigenvalue weighted by Crippen LogP contribution is -2.17. The van der Waals surface area contributed by atoms with Crippen LogP contribution in [-0.2, 0) is 0 Å². The second kappa shape index (κ2) is 7.31. The zero-order valence-corrected chi connectivity index (χ0v) is 13.3. The largest absolute Gasteiger partial charge is 0.507 e. The van der Waals surface area contributed by atoms with Crippen LogP contribution in [0.15, 0.2) is 64.1 Å². The highest BCUT2D eigenvalue weighted by atomic mass is 16.6. The molecule has 0 saturated heterocycles. The van der Waals surface area contributed by atoms with Gasteiger partial charge in [0.15, 0.2) is 0 Å². The van der Waals surface area contributed by atoms with Gasteiger partial charge in [0, 0.05) is 6.21 Å². The van der Waals surface area contributed by atoms with Crippen LogP contribution in [0.1, 0.15) is 16.1 Å². The molecule has 3 rings (SSSR count). The van der Waals surface area contributed by atoms with Crippen LogP contribution in [0.25, 0.3) is 16.8 Å². The molecule has 8 heteroatoms. The SMILES string of the molecule is O=C(NN=CC=Cc1ccc([N+](=O)[O-])o1)c1cc2ccccc2cc1O. The summed E-state index contributed by atoms with van der Waals surface area (Å²) in [6, 6.07) is 13.1. The third-order valence-electron chi connectivity index (χ3n) is 3.49. The highest BCUT2D eigenvalue weighted by Gasteiger charge is 2.12. The summed E-state index contributed by atoms with van der Waals surface area (Å²) >= 11 is 0. The van der Waals surface area contributed by atoms with Crippen molar-refractivity contribution in [2.24, 2.45) is 5.10 Å². The second-order valence-corrected chi connectivity index (χ2v) is 5.23. The molecule has 0 saturated carbocycles. The Hall–Kier alpha value is -3.94. The van der Waals surface area contributed by atoms with Crippen molar-refractivity contribution in [3.05, 3.63) is 76.0 Å². The van der Waals surface area contributed by atoms with Gasteiger partial charge in [-0.2, -0.15) is 5.10 Å². The smallest absolute Gasteiger partial charge is 0.433 e. The molecular weight excluding hydrogens is 338 g/mol. The predicted octanol–water partition coefficient (Wildman–Crippen LogP) is 3.48. The number of allylic oxidation sites excluding steroid dienone is 1. The fraction of sp³-hybridized carbons (Fsp3) is 0. The molecule has 1 aromatic heterocycles. The molecule has 0 unspecified atom stereocenters. The monoisotopic (exact) mass is 351 g/mol. The number of benzene rings is 2. The van der Waals surface area contributed by atoms with E-state index < -0.39 is 10.8 Å². The molecule has 2 N–H and O–H groups in total. The number of nitrogens with zero attached hydrogens (tertiary/aromatic N) is 2. The number of carbonyl (C=O) groups excluding carboxylic acids is 1. The van der Waals surface area contributed by atoms with E-state index in [0.717, 1.165) is 10.8 Å². The van der Waals surface area contributed by atoms with Gasteiger partial charge in [0.1, 0.15) is 16.4 Å². The topological polar surface area (TPSA) is 118 Å². The number of phenols is 1. The Morgan fingerprint density at radius 2 is 1.92 bits per heavy atom. The lowest BCUT2D eigenvalue weighted by Gasteiger charge is -2.05. The summed E-state index contributed by atoms with van der Waals surface area (Å²) in [5.74, 6) is -0.787. The highest BCUT2D eigenvalue weighted by molar-refractivity contribution is 6.01. The van der Waals surface area contributed by atoms with E-state index in [2.05, 4.69) is 10.5 Å². The third-order valence-corrected chi connectivity index (χ3v) is 3.49. The molecule has 2 aromatic carbocycles. The highest BCUT2D eigenvalue weighted by Crippen LogP contribution is 2.24. The van der Waals surface area contributed by atoms with Crippen LogP contribution in [0.5, 0.6) is 5.75 Å². The summed E-state index contributed by atoms with van der Waals surface area (Å²) < 4.78 is 4.93. The first-order valence-electron chi connectivity index (χ1n) is 7.50. The van der Waals surface area contributed by atoms with Gasteiger partial charge in [-0.15, -0.1) is 0 Å². The van der Waals surface area contributed by atoms with Crippen molar-refractivity contribution in [1.29, 1.82) is 0 Å². The number of amides is 1. The zero-order chi connectivity index (χ0) is 18.5. The summed E-state index contributed by atoms with van der Waals surface area (Å²) in [5, 5.41) is 25.9. The minimum absolute atomic E-state index is 0.103. The van der Waals surface area contributed by atoms with E-state index in [4.69, 9.17) is 4.42 Å². The quantitative estimate of drug-likeness (QED) is 0.414. The average Bonchev–Trinajstić information content (AvgIpc) is 3.10. The Morgan fingerprint density at radius 1 is 1.19 bits per heavy atom. The molecule has 0 radical (unpaired) electrons. The number of hydrogen-bond donors (Lipinski definition) is 2. The Balaban J connectivity index is 1.64. The van der Waals surface area contributed by atoms with E-state index in [0.29, 0.717) is 0 Å². The number of fused-ring (bicyclic) bond motifs is 1.